The van der Waals surface area contributed by atoms with Crippen LogP contribution in [0.1, 0.15) is 33.6 Å². The molecule has 0 saturated heterocycles. The van der Waals surface area contributed by atoms with Crippen molar-refractivity contribution in [3.63, 3.8) is 0 Å². The highest BCUT2D eigenvalue weighted by Crippen LogP contribution is 2.15. The summed E-state index contributed by atoms with van der Waals surface area (Å²) < 4.78 is 10.1. The number of hydrogen-bond donors (Lipinski definition) is 1. The fraction of sp³-hybridized carbons (Fsp3) is 0.692. The van der Waals surface area contributed by atoms with E-state index in [1.165, 1.54) is 7.11 Å². The van der Waals surface area contributed by atoms with Crippen LogP contribution in [0.2, 0.25) is 5.28 Å². The average molecular weight is 317 g/mol. The molecule has 1 rings (SSSR count). The second kappa shape index (κ2) is 8.61. The van der Waals surface area contributed by atoms with Crippen molar-refractivity contribution in [3.05, 3.63) is 5.28 Å². The molecule has 0 bridgehead atoms. The van der Waals surface area contributed by atoms with Crippen LogP contribution in [0, 0.1) is 5.92 Å². The summed E-state index contributed by atoms with van der Waals surface area (Å²) >= 11 is 5.83. The highest BCUT2D eigenvalue weighted by molar-refractivity contribution is 6.28. The molecule has 8 heteroatoms. The van der Waals surface area contributed by atoms with Crippen LogP contribution in [0.5, 0.6) is 6.01 Å². The third kappa shape index (κ3) is 6.12. The lowest BCUT2D eigenvalue weighted by Crippen LogP contribution is -2.33. The van der Waals surface area contributed by atoms with Gasteiger partial charge in [-0.3, -0.25) is 0 Å². The highest BCUT2D eigenvalue weighted by Gasteiger charge is 2.22. The Bertz CT molecular complexity index is 471. The molecule has 21 heavy (non-hydrogen) atoms. The number of aromatic nitrogens is 3. The molecule has 0 amide bonds. The van der Waals surface area contributed by atoms with E-state index >= 15 is 0 Å². The normalized spacial score (nSPS) is 12.1. The number of hydrogen-bond acceptors (Lipinski definition) is 7. The molecule has 7 nitrogen and oxygen atoms in total. The molecule has 0 spiro atoms. The predicted molar refractivity (Wildman–Crippen MR) is 79.5 cm³/mol. The number of nitrogens with zero attached hydrogens (tertiary/aromatic N) is 3. The Morgan fingerprint density at radius 2 is 2.05 bits per heavy atom. The first-order valence-electron chi connectivity index (χ1n) is 6.85. The number of anilines is 1. The molecule has 118 valence electrons. The third-order valence-electron chi connectivity index (χ3n) is 2.52. The van der Waals surface area contributed by atoms with Crippen LogP contribution in [-0.4, -0.2) is 40.7 Å². The average Bonchev–Trinajstić information content (AvgIpc) is 2.42. The van der Waals surface area contributed by atoms with E-state index < -0.39 is 6.04 Å². The van der Waals surface area contributed by atoms with E-state index in [1.54, 1.807) is 0 Å². The molecule has 0 aliphatic heterocycles. The SMILES string of the molecule is CCCOc1nc(Cl)nc(NC(CC(C)C)C(=O)OC)n1. The van der Waals surface area contributed by atoms with E-state index in [1.807, 2.05) is 20.8 Å². The lowest BCUT2D eigenvalue weighted by Gasteiger charge is -2.18. The first kappa shape index (κ1) is 17.4. The molecule has 1 unspecified atom stereocenters. The molecule has 1 N–H and O–H groups in total. The Hall–Kier alpha value is -1.63. The van der Waals surface area contributed by atoms with E-state index in [0.29, 0.717) is 18.9 Å². The van der Waals surface area contributed by atoms with Gasteiger partial charge in [0.1, 0.15) is 6.04 Å². The zero-order chi connectivity index (χ0) is 15.8. The molecular formula is C13H21ClN4O3. The van der Waals surface area contributed by atoms with Crippen LogP contribution >= 0.6 is 11.6 Å². The molecule has 0 fully saturated rings. The Morgan fingerprint density at radius 3 is 2.62 bits per heavy atom. The molecule has 1 heterocycles. The first-order valence-corrected chi connectivity index (χ1v) is 7.22. The summed E-state index contributed by atoms with van der Waals surface area (Å²) in [5, 5.41) is 2.92. The Kier molecular flexibility index (Phi) is 7.14. The summed E-state index contributed by atoms with van der Waals surface area (Å²) in [4.78, 5) is 23.7. The zero-order valence-electron chi connectivity index (χ0n) is 12.7. The fourth-order valence-corrected chi connectivity index (χ4v) is 1.79. The summed E-state index contributed by atoms with van der Waals surface area (Å²) in [6.45, 7) is 6.46. The minimum Gasteiger partial charge on any atom is -0.467 e. The first-order chi connectivity index (χ1) is 9.96. The largest absolute Gasteiger partial charge is 0.467 e. The van der Waals surface area contributed by atoms with Crippen LogP contribution in [0.4, 0.5) is 5.95 Å². The molecule has 0 saturated carbocycles. The smallest absolute Gasteiger partial charge is 0.328 e. The summed E-state index contributed by atoms with van der Waals surface area (Å²) in [5.41, 5.74) is 0. The van der Waals surface area contributed by atoms with Crippen molar-refractivity contribution < 1.29 is 14.3 Å². The molecule has 0 aromatic carbocycles. The second-order valence-corrected chi connectivity index (χ2v) is 5.25. The van der Waals surface area contributed by atoms with Gasteiger partial charge < -0.3 is 14.8 Å². The van der Waals surface area contributed by atoms with E-state index in [0.717, 1.165) is 6.42 Å². The van der Waals surface area contributed by atoms with Crippen molar-refractivity contribution in [1.29, 1.82) is 0 Å². The number of nitrogens with one attached hydrogen (secondary N) is 1. The van der Waals surface area contributed by atoms with Gasteiger partial charge in [-0.05, 0) is 30.4 Å². The topological polar surface area (TPSA) is 86.2 Å². The summed E-state index contributed by atoms with van der Waals surface area (Å²) in [6, 6.07) is -0.417. The number of carbonyl (C=O) groups is 1. The molecule has 1 atom stereocenters. The lowest BCUT2D eigenvalue weighted by atomic mass is 10.0. The van der Waals surface area contributed by atoms with Gasteiger partial charge in [-0.1, -0.05) is 20.8 Å². The van der Waals surface area contributed by atoms with Crippen LogP contribution in [-0.2, 0) is 9.53 Å². The van der Waals surface area contributed by atoms with Crippen LogP contribution in [0.15, 0.2) is 0 Å². The van der Waals surface area contributed by atoms with E-state index in [4.69, 9.17) is 21.1 Å². The molecule has 1 aromatic rings. The summed E-state index contributed by atoms with van der Waals surface area (Å²) in [7, 11) is 1.34. The number of ether oxygens (including phenoxy) is 2. The number of esters is 1. The van der Waals surface area contributed by atoms with E-state index in [2.05, 4.69) is 20.3 Å². The van der Waals surface area contributed by atoms with Gasteiger partial charge in [0.15, 0.2) is 0 Å². The summed E-state index contributed by atoms with van der Waals surface area (Å²) in [6.07, 6.45) is 1.41. The molecular weight excluding hydrogens is 296 g/mol. The highest BCUT2D eigenvalue weighted by atomic mass is 35.5. The Labute approximate surface area is 129 Å². The number of halogens is 1. The minimum absolute atomic E-state index is 0.00626. The quantitative estimate of drug-likeness (QED) is 0.736. The van der Waals surface area contributed by atoms with Gasteiger partial charge in [-0.25, -0.2) is 4.79 Å². The van der Waals surface area contributed by atoms with Crippen molar-refractivity contribution in [3.8, 4) is 6.01 Å². The maximum absolute atomic E-state index is 11.8. The molecule has 1 aromatic heterocycles. The second-order valence-electron chi connectivity index (χ2n) is 4.91. The van der Waals surface area contributed by atoms with Gasteiger partial charge in [-0.2, -0.15) is 15.0 Å². The number of methoxy groups -OCH3 is 1. The van der Waals surface area contributed by atoms with Crippen molar-refractivity contribution >= 4 is 23.5 Å². The zero-order valence-corrected chi connectivity index (χ0v) is 13.5. The third-order valence-corrected chi connectivity index (χ3v) is 2.69. The summed E-state index contributed by atoms with van der Waals surface area (Å²) in [5.74, 6) is 0.114. The Balaban J connectivity index is 2.86. The van der Waals surface area contributed by atoms with Gasteiger partial charge in [-0.15, -0.1) is 0 Å². The lowest BCUT2D eigenvalue weighted by molar-refractivity contribution is -0.141. The number of carbonyl (C=O) groups excluding carboxylic acids is 1. The monoisotopic (exact) mass is 316 g/mol. The van der Waals surface area contributed by atoms with Gasteiger partial charge in [0, 0.05) is 0 Å². The van der Waals surface area contributed by atoms with Crippen LogP contribution in [0.25, 0.3) is 0 Å². The maximum atomic E-state index is 11.8. The van der Waals surface area contributed by atoms with Crippen molar-refractivity contribution in [2.24, 2.45) is 5.92 Å². The molecule has 0 aliphatic carbocycles. The standard InChI is InChI=1S/C13H21ClN4O3/c1-5-6-21-13-17-11(14)16-12(18-13)15-9(7-8(2)3)10(19)20-4/h8-9H,5-7H2,1-4H3,(H,15,16,17,18). The van der Waals surface area contributed by atoms with E-state index in [9.17, 15) is 4.79 Å². The van der Waals surface area contributed by atoms with Crippen molar-refractivity contribution in [2.45, 2.75) is 39.7 Å². The molecule has 0 aliphatic rings. The minimum atomic E-state index is -0.549. The van der Waals surface area contributed by atoms with Crippen LogP contribution < -0.4 is 10.1 Å². The maximum Gasteiger partial charge on any atom is 0.328 e. The predicted octanol–water partition coefficient (Wildman–Crippen LogP) is 2.31. The van der Waals surface area contributed by atoms with Gasteiger partial charge in [0.05, 0.1) is 13.7 Å². The van der Waals surface area contributed by atoms with E-state index in [-0.39, 0.29) is 23.2 Å². The van der Waals surface area contributed by atoms with Crippen molar-refractivity contribution in [1.82, 2.24) is 15.0 Å². The Morgan fingerprint density at radius 1 is 1.33 bits per heavy atom. The number of rotatable bonds is 8. The van der Waals surface area contributed by atoms with Gasteiger partial charge in [0.25, 0.3) is 0 Å². The fourth-order valence-electron chi connectivity index (χ4n) is 1.64. The van der Waals surface area contributed by atoms with Gasteiger partial charge in [0.2, 0.25) is 11.2 Å². The van der Waals surface area contributed by atoms with Crippen molar-refractivity contribution in [2.75, 3.05) is 19.0 Å². The molecule has 0 radical (unpaired) electrons. The van der Waals surface area contributed by atoms with Gasteiger partial charge >= 0.3 is 12.0 Å². The van der Waals surface area contributed by atoms with Crippen LogP contribution in [0.3, 0.4) is 0 Å².